The van der Waals surface area contributed by atoms with Gasteiger partial charge in [-0.25, -0.2) is 0 Å². The van der Waals surface area contributed by atoms with Crippen molar-refractivity contribution in [2.24, 2.45) is 5.16 Å². The van der Waals surface area contributed by atoms with E-state index in [-0.39, 0.29) is 24.6 Å². The van der Waals surface area contributed by atoms with Crippen molar-refractivity contribution >= 4 is 62.8 Å². The third-order valence-electron chi connectivity index (χ3n) is 4.15. The fourth-order valence-electron chi connectivity index (χ4n) is 2.68. The van der Waals surface area contributed by atoms with Crippen LogP contribution in [0.1, 0.15) is 16.7 Å². The summed E-state index contributed by atoms with van der Waals surface area (Å²) in [6, 6.07) is 16.2. The van der Waals surface area contributed by atoms with Crippen LogP contribution in [0.2, 0.25) is 0 Å². The number of non-ortho nitro benzene ring substituents is 2. The summed E-state index contributed by atoms with van der Waals surface area (Å²) in [5.74, 6) is 0.673. The Balaban J connectivity index is 1.61. The largest absolute Gasteiger partial charge is 0.487 e. The van der Waals surface area contributed by atoms with E-state index in [1.807, 2.05) is 12.1 Å². The van der Waals surface area contributed by atoms with Crippen LogP contribution in [0, 0.1) is 27.4 Å². The van der Waals surface area contributed by atoms with Crippen LogP contribution in [0.4, 0.5) is 11.4 Å². The monoisotopic (exact) mass is 659 g/mol. The molecule has 11 heteroatoms. The molecule has 0 spiro atoms. The van der Waals surface area contributed by atoms with Crippen LogP contribution >= 0.6 is 45.2 Å². The van der Waals surface area contributed by atoms with Gasteiger partial charge in [0.15, 0.2) is 0 Å². The highest BCUT2D eigenvalue weighted by molar-refractivity contribution is 14.1. The van der Waals surface area contributed by atoms with Crippen molar-refractivity contribution in [2.45, 2.75) is 13.2 Å². The lowest BCUT2D eigenvalue weighted by Crippen LogP contribution is -2.01. The van der Waals surface area contributed by atoms with E-state index in [1.54, 1.807) is 30.5 Å². The van der Waals surface area contributed by atoms with Gasteiger partial charge in [-0.15, -0.1) is 0 Å². The Morgan fingerprint density at radius 1 is 0.844 bits per heavy atom. The van der Waals surface area contributed by atoms with Crippen molar-refractivity contribution in [3.8, 4) is 5.75 Å². The van der Waals surface area contributed by atoms with Gasteiger partial charge >= 0.3 is 0 Å². The summed E-state index contributed by atoms with van der Waals surface area (Å²) in [5, 5.41) is 25.7. The Kier molecular flexibility index (Phi) is 8.33. The van der Waals surface area contributed by atoms with Crippen molar-refractivity contribution in [1.82, 2.24) is 0 Å². The average Bonchev–Trinajstić information content (AvgIpc) is 2.76. The third kappa shape index (κ3) is 6.59. The Morgan fingerprint density at radius 2 is 1.38 bits per heavy atom. The van der Waals surface area contributed by atoms with E-state index in [1.165, 1.54) is 24.3 Å². The minimum atomic E-state index is -0.459. The van der Waals surface area contributed by atoms with Gasteiger partial charge < -0.3 is 9.57 Å². The molecule has 0 aliphatic carbocycles. The molecule has 0 aliphatic rings. The van der Waals surface area contributed by atoms with E-state index in [2.05, 4.69) is 50.3 Å². The van der Waals surface area contributed by atoms with Gasteiger partial charge in [-0.2, -0.15) is 0 Å². The van der Waals surface area contributed by atoms with E-state index in [9.17, 15) is 20.2 Å². The van der Waals surface area contributed by atoms with Gasteiger partial charge in [-0.1, -0.05) is 29.4 Å². The number of rotatable bonds is 9. The highest BCUT2D eigenvalue weighted by Gasteiger charge is 2.11. The number of halogens is 2. The first-order chi connectivity index (χ1) is 15.3. The van der Waals surface area contributed by atoms with E-state index in [0.29, 0.717) is 16.9 Å². The van der Waals surface area contributed by atoms with E-state index < -0.39 is 9.85 Å². The zero-order valence-electron chi connectivity index (χ0n) is 16.3. The van der Waals surface area contributed by atoms with Crippen LogP contribution in [0.25, 0.3) is 0 Å². The summed E-state index contributed by atoms with van der Waals surface area (Å²) < 4.78 is 7.58. The van der Waals surface area contributed by atoms with Crippen molar-refractivity contribution in [3.63, 3.8) is 0 Å². The predicted molar refractivity (Wildman–Crippen MR) is 135 cm³/mol. The Bertz CT molecular complexity index is 1160. The number of hydrogen-bond acceptors (Lipinski definition) is 7. The molecule has 0 atom stereocenters. The van der Waals surface area contributed by atoms with Crippen LogP contribution < -0.4 is 4.74 Å². The number of nitrogens with zero attached hydrogens (tertiary/aromatic N) is 3. The van der Waals surface area contributed by atoms with Gasteiger partial charge in [0, 0.05) is 24.3 Å². The van der Waals surface area contributed by atoms with Crippen LogP contribution in [0.3, 0.4) is 0 Å². The molecule has 0 bridgehead atoms. The van der Waals surface area contributed by atoms with E-state index in [0.717, 1.165) is 12.7 Å². The first kappa shape index (κ1) is 23.8. The molecule has 32 heavy (non-hydrogen) atoms. The molecule has 0 heterocycles. The van der Waals surface area contributed by atoms with Gasteiger partial charge in [0.2, 0.25) is 0 Å². The molecular formula is C21H15I2N3O6. The highest BCUT2D eigenvalue weighted by atomic mass is 127. The van der Waals surface area contributed by atoms with Crippen LogP contribution in [-0.2, 0) is 18.1 Å². The normalized spacial score (nSPS) is 10.8. The number of nitro benzene ring substituents is 2. The minimum absolute atomic E-state index is 0.000108. The number of oxime groups is 1. The van der Waals surface area contributed by atoms with Gasteiger partial charge in [-0.05, 0) is 74.0 Å². The maximum Gasteiger partial charge on any atom is 0.269 e. The Hall–Kier alpha value is -2.81. The molecule has 164 valence electrons. The lowest BCUT2D eigenvalue weighted by molar-refractivity contribution is -0.385. The van der Waals surface area contributed by atoms with Gasteiger partial charge in [0.1, 0.15) is 19.0 Å². The molecule has 0 amide bonds. The smallest absolute Gasteiger partial charge is 0.269 e. The quantitative estimate of drug-likeness (QED) is 0.123. The SMILES string of the molecule is O=[N+]([O-])c1cccc(CO/N=C\c2cc(I)c(OCc3cccc([N+](=O)[O-])c3)c(I)c2)c1. The fraction of sp³-hybridized carbons (Fsp3) is 0.0952. The predicted octanol–water partition coefficient (Wildman–Crippen LogP) is 5.84. The zero-order valence-corrected chi connectivity index (χ0v) is 20.6. The molecule has 0 aliphatic heterocycles. The molecule has 9 nitrogen and oxygen atoms in total. The first-order valence-corrected chi connectivity index (χ1v) is 11.2. The second-order valence-corrected chi connectivity index (χ2v) is 8.79. The number of benzene rings is 3. The van der Waals surface area contributed by atoms with E-state index >= 15 is 0 Å². The summed E-state index contributed by atoms with van der Waals surface area (Å²) in [6.07, 6.45) is 1.55. The molecular weight excluding hydrogens is 644 g/mol. The standard InChI is InChI=1S/C21H15I2N3O6/c22-19-9-16(11-24-32-13-15-4-2-6-18(8-15)26(29)30)10-20(23)21(19)31-12-14-3-1-5-17(7-14)25(27)28/h1-11H,12-13H2/b24-11-. The maximum absolute atomic E-state index is 10.9. The highest BCUT2D eigenvalue weighted by Crippen LogP contribution is 2.29. The minimum Gasteiger partial charge on any atom is -0.487 e. The van der Waals surface area contributed by atoms with Crippen molar-refractivity contribution in [2.75, 3.05) is 0 Å². The molecule has 3 rings (SSSR count). The van der Waals surface area contributed by atoms with Gasteiger partial charge in [0.25, 0.3) is 11.4 Å². The molecule has 0 N–H and O–H groups in total. The lowest BCUT2D eigenvalue weighted by atomic mass is 10.2. The fourth-order valence-corrected chi connectivity index (χ4v) is 4.80. The van der Waals surface area contributed by atoms with Crippen molar-refractivity contribution in [3.05, 3.63) is 105 Å². The number of nitro groups is 2. The molecule has 0 fully saturated rings. The van der Waals surface area contributed by atoms with Crippen LogP contribution in [-0.4, -0.2) is 16.1 Å². The summed E-state index contributed by atoms with van der Waals surface area (Å²) >= 11 is 4.29. The summed E-state index contributed by atoms with van der Waals surface area (Å²) in [4.78, 5) is 26.1. The van der Waals surface area contributed by atoms with E-state index in [4.69, 9.17) is 9.57 Å². The summed E-state index contributed by atoms with van der Waals surface area (Å²) in [6.45, 7) is 0.310. The molecule has 0 radical (unpaired) electrons. The second-order valence-electron chi connectivity index (χ2n) is 6.46. The second kappa shape index (κ2) is 11.2. The van der Waals surface area contributed by atoms with Crippen LogP contribution in [0.5, 0.6) is 5.75 Å². The molecule has 0 saturated heterocycles. The summed E-state index contributed by atoms with van der Waals surface area (Å²) in [5.41, 5.74) is 2.16. The molecule has 3 aromatic rings. The van der Waals surface area contributed by atoms with Crippen LogP contribution in [0.15, 0.2) is 65.8 Å². The first-order valence-electron chi connectivity index (χ1n) is 9.07. The Labute approximate surface area is 210 Å². The lowest BCUT2D eigenvalue weighted by Gasteiger charge is -2.11. The van der Waals surface area contributed by atoms with Crippen molar-refractivity contribution < 1.29 is 19.4 Å². The topological polar surface area (TPSA) is 117 Å². The van der Waals surface area contributed by atoms with Gasteiger partial charge in [-0.3, -0.25) is 20.2 Å². The zero-order chi connectivity index (χ0) is 23.1. The number of hydrogen-bond donors (Lipinski definition) is 0. The number of ether oxygens (including phenoxy) is 1. The Morgan fingerprint density at radius 3 is 1.91 bits per heavy atom. The molecule has 0 aromatic heterocycles. The molecule has 0 unspecified atom stereocenters. The van der Waals surface area contributed by atoms with Gasteiger partial charge in [0.05, 0.1) is 23.2 Å². The average molecular weight is 659 g/mol. The third-order valence-corrected chi connectivity index (χ3v) is 5.76. The summed E-state index contributed by atoms with van der Waals surface area (Å²) in [7, 11) is 0. The molecule has 0 saturated carbocycles. The van der Waals surface area contributed by atoms with Crippen molar-refractivity contribution in [1.29, 1.82) is 0 Å². The maximum atomic E-state index is 10.9. The molecule has 3 aromatic carbocycles.